The number of hydrogen-bond donors (Lipinski definition) is 2. The molecule has 2 N–H and O–H groups in total. The maximum Gasteiger partial charge on any atom is 0.287 e. The molecule has 0 saturated heterocycles. The Morgan fingerprint density at radius 1 is 1.26 bits per heavy atom. The van der Waals surface area contributed by atoms with Gasteiger partial charge in [0.15, 0.2) is 10.4 Å². The van der Waals surface area contributed by atoms with Gasteiger partial charge in [-0.1, -0.05) is 23.7 Å². The lowest BCUT2D eigenvalue weighted by molar-refractivity contribution is -0.120. The molecule has 3 rings (SSSR count). The SMILES string of the molecule is Cn1ccnc1[C@@H](NC(=O)CNC(=O)c1ccc(Br)o1)c1ccc(Cl)cc1. The van der Waals surface area contributed by atoms with E-state index in [9.17, 15) is 9.59 Å². The molecule has 0 aliphatic carbocycles. The summed E-state index contributed by atoms with van der Waals surface area (Å²) in [6, 6.07) is 9.77. The second-order valence-corrected chi connectivity index (χ2v) is 6.95. The normalized spacial score (nSPS) is 11.8. The van der Waals surface area contributed by atoms with E-state index in [1.54, 1.807) is 30.6 Å². The summed E-state index contributed by atoms with van der Waals surface area (Å²) in [7, 11) is 1.84. The van der Waals surface area contributed by atoms with Gasteiger partial charge in [-0.15, -0.1) is 0 Å². The fourth-order valence-electron chi connectivity index (χ4n) is 2.50. The Morgan fingerprint density at radius 2 is 2.00 bits per heavy atom. The number of carbonyl (C=O) groups is 2. The Morgan fingerprint density at radius 3 is 2.59 bits per heavy atom. The van der Waals surface area contributed by atoms with Crippen molar-refractivity contribution < 1.29 is 14.0 Å². The number of furan rings is 1. The summed E-state index contributed by atoms with van der Waals surface area (Å²) in [6.07, 6.45) is 3.45. The van der Waals surface area contributed by atoms with E-state index in [0.717, 1.165) is 5.56 Å². The number of hydrogen-bond acceptors (Lipinski definition) is 4. The van der Waals surface area contributed by atoms with Crippen LogP contribution in [0.3, 0.4) is 0 Å². The van der Waals surface area contributed by atoms with Gasteiger partial charge in [0.1, 0.15) is 11.9 Å². The standard InChI is InChI=1S/C18H16BrClN4O3/c1-24-9-8-21-17(24)16(11-2-4-12(20)5-3-11)23-15(25)10-22-18(26)13-6-7-14(19)27-13/h2-9,16H,10H2,1H3,(H,22,26)(H,23,25)/t16-/m0/s1. The number of halogens is 2. The Hall–Kier alpha value is -2.58. The van der Waals surface area contributed by atoms with Crippen molar-refractivity contribution >= 4 is 39.3 Å². The molecule has 3 aromatic rings. The molecule has 0 spiro atoms. The molecule has 27 heavy (non-hydrogen) atoms. The topological polar surface area (TPSA) is 89.2 Å². The van der Waals surface area contributed by atoms with Crippen LogP contribution in [0.15, 0.2) is 57.9 Å². The van der Waals surface area contributed by atoms with Crippen LogP contribution in [0.25, 0.3) is 0 Å². The molecule has 9 heteroatoms. The van der Waals surface area contributed by atoms with Gasteiger partial charge in [0.25, 0.3) is 5.91 Å². The van der Waals surface area contributed by atoms with Crippen LogP contribution < -0.4 is 10.6 Å². The molecule has 0 radical (unpaired) electrons. The minimum atomic E-state index is -0.482. The van der Waals surface area contributed by atoms with E-state index in [2.05, 4.69) is 31.5 Å². The summed E-state index contributed by atoms with van der Waals surface area (Å²) in [6.45, 7) is -0.203. The molecular weight excluding hydrogens is 436 g/mol. The van der Waals surface area contributed by atoms with Crippen LogP contribution in [0, 0.1) is 0 Å². The van der Waals surface area contributed by atoms with Crippen molar-refractivity contribution in [1.82, 2.24) is 20.2 Å². The third-order valence-corrected chi connectivity index (χ3v) is 4.51. The number of aromatic nitrogens is 2. The molecular formula is C18H16BrClN4O3. The first-order chi connectivity index (χ1) is 12.9. The number of aryl methyl sites for hydroxylation is 1. The number of carbonyl (C=O) groups excluding carboxylic acids is 2. The number of nitrogens with zero attached hydrogens (tertiary/aromatic N) is 2. The second kappa shape index (κ2) is 8.41. The van der Waals surface area contributed by atoms with Gasteiger partial charge in [0, 0.05) is 24.5 Å². The van der Waals surface area contributed by atoms with Crippen molar-refractivity contribution in [3.8, 4) is 0 Å². The molecule has 2 aromatic heterocycles. The number of imidazole rings is 1. The monoisotopic (exact) mass is 450 g/mol. The van der Waals surface area contributed by atoms with Gasteiger partial charge in [-0.2, -0.15) is 0 Å². The average molecular weight is 452 g/mol. The van der Waals surface area contributed by atoms with Gasteiger partial charge in [-0.05, 0) is 45.8 Å². The van der Waals surface area contributed by atoms with Crippen LogP contribution in [0.5, 0.6) is 0 Å². The third kappa shape index (κ3) is 4.78. The average Bonchev–Trinajstić information content (AvgIpc) is 3.27. The second-order valence-electron chi connectivity index (χ2n) is 5.73. The zero-order valence-corrected chi connectivity index (χ0v) is 16.6. The number of benzene rings is 1. The molecule has 0 aliphatic rings. The molecule has 0 aliphatic heterocycles. The van der Waals surface area contributed by atoms with Crippen molar-refractivity contribution in [3.05, 3.63) is 75.6 Å². The molecule has 0 unspecified atom stereocenters. The van der Waals surface area contributed by atoms with Gasteiger partial charge >= 0.3 is 0 Å². The van der Waals surface area contributed by atoms with Crippen molar-refractivity contribution in [2.24, 2.45) is 7.05 Å². The predicted octanol–water partition coefficient (Wildman–Crippen LogP) is 3.06. The van der Waals surface area contributed by atoms with E-state index >= 15 is 0 Å². The zero-order valence-electron chi connectivity index (χ0n) is 14.3. The first-order valence-electron chi connectivity index (χ1n) is 7.99. The molecule has 1 aromatic carbocycles. The maximum atomic E-state index is 12.4. The molecule has 0 fully saturated rings. The van der Waals surface area contributed by atoms with Gasteiger partial charge in [-0.25, -0.2) is 4.98 Å². The lowest BCUT2D eigenvalue weighted by atomic mass is 10.1. The van der Waals surface area contributed by atoms with Crippen LogP contribution >= 0.6 is 27.5 Å². The number of nitrogens with one attached hydrogen (secondary N) is 2. The van der Waals surface area contributed by atoms with Crippen LogP contribution in [0.1, 0.15) is 28.0 Å². The summed E-state index contributed by atoms with van der Waals surface area (Å²) >= 11 is 9.08. The number of rotatable bonds is 6. The van der Waals surface area contributed by atoms with Crippen LogP contribution in [-0.4, -0.2) is 27.9 Å². The van der Waals surface area contributed by atoms with Crippen LogP contribution in [0.4, 0.5) is 0 Å². The van der Waals surface area contributed by atoms with E-state index < -0.39 is 11.9 Å². The van der Waals surface area contributed by atoms with Gasteiger partial charge in [0.2, 0.25) is 5.91 Å². The zero-order chi connectivity index (χ0) is 19.4. The fourth-order valence-corrected chi connectivity index (χ4v) is 2.94. The van der Waals surface area contributed by atoms with E-state index in [1.165, 1.54) is 6.07 Å². The summed E-state index contributed by atoms with van der Waals surface area (Å²) in [5.74, 6) is -0.0622. The van der Waals surface area contributed by atoms with E-state index in [0.29, 0.717) is 15.5 Å². The highest BCUT2D eigenvalue weighted by Crippen LogP contribution is 2.22. The summed E-state index contributed by atoms with van der Waals surface area (Å²) in [5.41, 5.74) is 0.823. The lowest BCUT2D eigenvalue weighted by Gasteiger charge is -2.19. The first-order valence-corrected chi connectivity index (χ1v) is 9.16. The summed E-state index contributed by atoms with van der Waals surface area (Å²) in [5, 5.41) is 6.01. The third-order valence-electron chi connectivity index (χ3n) is 3.83. The molecule has 2 amide bonds. The Kier molecular flexibility index (Phi) is 5.98. The predicted molar refractivity (Wildman–Crippen MR) is 103 cm³/mol. The minimum absolute atomic E-state index is 0.119. The largest absolute Gasteiger partial charge is 0.444 e. The highest BCUT2D eigenvalue weighted by atomic mass is 79.9. The quantitative estimate of drug-likeness (QED) is 0.603. The molecule has 140 valence electrons. The summed E-state index contributed by atoms with van der Waals surface area (Å²) in [4.78, 5) is 28.7. The van der Waals surface area contributed by atoms with Gasteiger partial charge in [0.05, 0.1) is 6.54 Å². The Labute approximate surface area is 168 Å². The highest BCUT2D eigenvalue weighted by molar-refractivity contribution is 9.10. The van der Waals surface area contributed by atoms with Crippen LogP contribution in [0.2, 0.25) is 5.02 Å². The van der Waals surface area contributed by atoms with Crippen molar-refractivity contribution in [1.29, 1.82) is 0 Å². The maximum absolute atomic E-state index is 12.4. The van der Waals surface area contributed by atoms with Crippen LogP contribution in [-0.2, 0) is 11.8 Å². The van der Waals surface area contributed by atoms with Crippen molar-refractivity contribution in [2.45, 2.75) is 6.04 Å². The molecule has 0 bridgehead atoms. The molecule has 1 atom stereocenters. The van der Waals surface area contributed by atoms with E-state index in [-0.39, 0.29) is 18.2 Å². The lowest BCUT2D eigenvalue weighted by Crippen LogP contribution is -2.39. The smallest absolute Gasteiger partial charge is 0.287 e. The first kappa shape index (κ1) is 19.2. The van der Waals surface area contributed by atoms with Crippen molar-refractivity contribution in [3.63, 3.8) is 0 Å². The van der Waals surface area contributed by atoms with Gasteiger partial charge < -0.3 is 19.6 Å². The van der Waals surface area contributed by atoms with E-state index in [4.69, 9.17) is 16.0 Å². The van der Waals surface area contributed by atoms with Crippen molar-refractivity contribution in [2.75, 3.05) is 6.54 Å². The summed E-state index contributed by atoms with van der Waals surface area (Å²) < 4.78 is 7.42. The van der Waals surface area contributed by atoms with Gasteiger partial charge in [-0.3, -0.25) is 9.59 Å². The molecule has 7 nitrogen and oxygen atoms in total. The van der Waals surface area contributed by atoms with E-state index in [1.807, 2.05) is 23.7 Å². The Bertz CT molecular complexity index is 952. The fraction of sp³-hybridized carbons (Fsp3) is 0.167. The number of amides is 2. The molecule has 0 saturated carbocycles. The Balaban J connectivity index is 1.70. The highest BCUT2D eigenvalue weighted by Gasteiger charge is 2.21. The molecule has 2 heterocycles. The minimum Gasteiger partial charge on any atom is -0.444 e.